The first kappa shape index (κ1) is 18.7. The summed E-state index contributed by atoms with van der Waals surface area (Å²) in [5, 5.41) is 0. The molecule has 19 heavy (non-hydrogen) atoms. The van der Waals surface area contributed by atoms with Crippen molar-refractivity contribution in [1.82, 2.24) is 4.72 Å². The highest BCUT2D eigenvalue weighted by atomic mass is 79.9. The molecule has 0 amide bonds. The maximum absolute atomic E-state index is 13.4. The molecule has 0 unspecified atom stereocenters. The van der Waals surface area contributed by atoms with Crippen molar-refractivity contribution in [2.75, 3.05) is 13.1 Å². The van der Waals surface area contributed by atoms with Crippen LogP contribution in [-0.2, 0) is 10.0 Å². The minimum Gasteiger partial charge on any atom is -0.325 e. The number of hydrogen-bond donors (Lipinski definition) is 2. The Morgan fingerprint density at radius 1 is 1.37 bits per heavy atom. The Balaban J connectivity index is 0.00000324. The lowest BCUT2D eigenvalue weighted by atomic mass is 10.3. The molecule has 3 N–H and O–H groups in total. The number of rotatable bonds is 5. The van der Waals surface area contributed by atoms with E-state index in [9.17, 15) is 21.6 Å². The standard InChI is InChI=1S/C9H10BrF3N2O2S.ClH/c10-6-1-2-8(7(11)3-6)18(16,17)15-5-9(12,13)4-14;/h1-3,15H,4-5,14H2;1H. The average molecular weight is 384 g/mol. The van der Waals surface area contributed by atoms with E-state index in [0.717, 1.165) is 12.1 Å². The number of nitrogens with one attached hydrogen (secondary N) is 1. The molecule has 110 valence electrons. The molecule has 4 nitrogen and oxygen atoms in total. The minimum absolute atomic E-state index is 0. The van der Waals surface area contributed by atoms with E-state index in [2.05, 4.69) is 15.9 Å². The van der Waals surface area contributed by atoms with Crippen LogP contribution in [0, 0.1) is 5.82 Å². The summed E-state index contributed by atoms with van der Waals surface area (Å²) in [4.78, 5) is -0.696. The van der Waals surface area contributed by atoms with Gasteiger partial charge in [0.2, 0.25) is 10.0 Å². The van der Waals surface area contributed by atoms with Crippen LogP contribution in [0.4, 0.5) is 13.2 Å². The van der Waals surface area contributed by atoms with Crippen LogP contribution < -0.4 is 10.5 Å². The highest BCUT2D eigenvalue weighted by Gasteiger charge is 2.30. The molecule has 0 atom stereocenters. The Kier molecular flexibility index (Phi) is 6.76. The fourth-order valence-corrected chi connectivity index (χ4v) is 2.50. The van der Waals surface area contributed by atoms with Gasteiger partial charge in [0.05, 0.1) is 13.1 Å². The Labute approximate surface area is 123 Å². The van der Waals surface area contributed by atoms with Gasteiger partial charge in [0, 0.05) is 4.47 Å². The molecule has 0 saturated carbocycles. The second kappa shape index (κ2) is 6.89. The number of benzene rings is 1. The molecule has 0 radical (unpaired) electrons. The lowest BCUT2D eigenvalue weighted by Gasteiger charge is -2.15. The predicted molar refractivity (Wildman–Crippen MR) is 70.5 cm³/mol. The largest absolute Gasteiger partial charge is 0.325 e. The lowest BCUT2D eigenvalue weighted by molar-refractivity contribution is 0.0170. The van der Waals surface area contributed by atoms with Crippen LogP contribution in [0.25, 0.3) is 0 Å². The van der Waals surface area contributed by atoms with Crippen LogP contribution in [-0.4, -0.2) is 27.4 Å². The summed E-state index contributed by atoms with van der Waals surface area (Å²) in [5.41, 5.74) is 4.76. The second-order valence-corrected chi connectivity index (χ2v) is 6.11. The molecule has 0 bridgehead atoms. The van der Waals surface area contributed by atoms with Gasteiger partial charge in [-0.05, 0) is 18.2 Å². The first-order chi connectivity index (χ1) is 8.18. The van der Waals surface area contributed by atoms with E-state index >= 15 is 0 Å². The van der Waals surface area contributed by atoms with Crippen LogP contribution in [0.5, 0.6) is 0 Å². The SMILES string of the molecule is Cl.NCC(F)(F)CNS(=O)(=O)c1ccc(Br)cc1F. The van der Waals surface area contributed by atoms with Gasteiger partial charge < -0.3 is 5.73 Å². The van der Waals surface area contributed by atoms with Gasteiger partial charge in [0.25, 0.3) is 5.92 Å². The van der Waals surface area contributed by atoms with Crippen molar-refractivity contribution >= 4 is 38.4 Å². The molecule has 0 aromatic heterocycles. The Morgan fingerprint density at radius 2 is 1.95 bits per heavy atom. The summed E-state index contributed by atoms with van der Waals surface area (Å²) >= 11 is 2.95. The summed E-state index contributed by atoms with van der Waals surface area (Å²) in [5.74, 6) is -4.41. The highest BCUT2D eigenvalue weighted by molar-refractivity contribution is 9.10. The molecule has 10 heteroatoms. The van der Waals surface area contributed by atoms with Crippen molar-refractivity contribution in [1.29, 1.82) is 0 Å². The molecular weight excluding hydrogens is 373 g/mol. The summed E-state index contributed by atoms with van der Waals surface area (Å²) in [6, 6.07) is 3.19. The van der Waals surface area contributed by atoms with Gasteiger partial charge in [0.1, 0.15) is 10.7 Å². The van der Waals surface area contributed by atoms with Crippen LogP contribution in [0.3, 0.4) is 0 Å². The van der Waals surface area contributed by atoms with Crippen molar-refractivity contribution in [3.63, 3.8) is 0 Å². The molecular formula is C9H11BrClF3N2O2S. The van der Waals surface area contributed by atoms with E-state index in [0.29, 0.717) is 4.47 Å². The monoisotopic (exact) mass is 382 g/mol. The van der Waals surface area contributed by atoms with Crippen LogP contribution in [0.15, 0.2) is 27.6 Å². The van der Waals surface area contributed by atoms with E-state index in [1.807, 2.05) is 0 Å². The molecule has 0 aliphatic rings. The molecule has 0 fully saturated rings. The number of nitrogens with two attached hydrogens (primary N) is 1. The first-order valence-electron chi connectivity index (χ1n) is 4.70. The Bertz CT molecular complexity index is 542. The van der Waals surface area contributed by atoms with E-state index in [1.165, 1.54) is 6.07 Å². The Morgan fingerprint density at radius 3 is 2.42 bits per heavy atom. The molecule has 0 spiro atoms. The van der Waals surface area contributed by atoms with Crippen molar-refractivity contribution < 1.29 is 21.6 Å². The third kappa shape index (κ3) is 5.27. The van der Waals surface area contributed by atoms with Crippen LogP contribution >= 0.6 is 28.3 Å². The first-order valence-corrected chi connectivity index (χ1v) is 6.98. The lowest BCUT2D eigenvalue weighted by Crippen LogP contribution is -2.41. The molecule has 0 aliphatic heterocycles. The fourth-order valence-electron chi connectivity index (χ4n) is 1.04. The summed E-state index contributed by atoms with van der Waals surface area (Å²) in [6.45, 7) is -2.18. The smallest absolute Gasteiger partial charge is 0.273 e. The van der Waals surface area contributed by atoms with Crippen molar-refractivity contribution in [2.45, 2.75) is 10.8 Å². The molecule has 0 heterocycles. The number of alkyl halides is 2. The maximum atomic E-state index is 13.4. The van der Waals surface area contributed by atoms with Gasteiger partial charge in [0.15, 0.2) is 0 Å². The van der Waals surface area contributed by atoms with Gasteiger partial charge in [-0.1, -0.05) is 15.9 Å². The summed E-state index contributed by atoms with van der Waals surface area (Å²) in [7, 11) is -4.33. The van der Waals surface area contributed by atoms with Gasteiger partial charge >= 0.3 is 0 Å². The summed E-state index contributed by atoms with van der Waals surface area (Å²) < 4.78 is 64.1. The molecule has 1 rings (SSSR count). The second-order valence-electron chi connectivity index (χ2n) is 3.46. The quantitative estimate of drug-likeness (QED) is 0.815. The number of sulfonamides is 1. The van der Waals surface area contributed by atoms with E-state index < -0.39 is 39.7 Å². The summed E-state index contributed by atoms with van der Waals surface area (Å²) in [6.07, 6.45) is 0. The van der Waals surface area contributed by atoms with E-state index in [-0.39, 0.29) is 12.4 Å². The zero-order valence-corrected chi connectivity index (χ0v) is 12.6. The number of hydrogen-bond acceptors (Lipinski definition) is 3. The maximum Gasteiger partial charge on any atom is 0.273 e. The molecule has 0 saturated heterocycles. The third-order valence-electron chi connectivity index (χ3n) is 2.00. The van der Waals surface area contributed by atoms with E-state index in [4.69, 9.17) is 5.73 Å². The molecule has 0 aliphatic carbocycles. The topological polar surface area (TPSA) is 72.2 Å². The normalized spacial score (nSPS) is 12.1. The average Bonchev–Trinajstić information content (AvgIpc) is 2.26. The molecule has 1 aromatic carbocycles. The number of halogens is 5. The predicted octanol–water partition coefficient (Wildman–Crippen LogP) is 1.88. The van der Waals surface area contributed by atoms with Crippen molar-refractivity contribution in [3.05, 3.63) is 28.5 Å². The van der Waals surface area contributed by atoms with Gasteiger partial charge in [-0.2, -0.15) is 0 Å². The van der Waals surface area contributed by atoms with Gasteiger partial charge in [-0.15, -0.1) is 12.4 Å². The Hall–Kier alpha value is -0.350. The van der Waals surface area contributed by atoms with Crippen LogP contribution in [0.1, 0.15) is 0 Å². The fraction of sp³-hybridized carbons (Fsp3) is 0.333. The minimum atomic E-state index is -4.33. The van der Waals surface area contributed by atoms with Crippen molar-refractivity contribution in [3.8, 4) is 0 Å². The highest BCUT2D eigenvalue weighted by Crippen LogP contribution is 2.20. The van der Waals surface area contributed by atoms with Crippen LogP contribution in [0.2, 0.25) is 0 Å². The zero-order chi connectivity index (χ0) is 14.0. The van der Waals surface area contributed by atoms with E-state index in [1.54, 1.807) is 4.72 Å². The van der Waals surface area contributed by atoms with Crippen molar-refractivity contribution in [2.24, 2.45) is 5.73 Å². The third-order valence-corrected chi connectivity index (χ3v) is 3.93. The van der Waals surface area contributed by atoms with Gasteiger partial charge in [-0.25, -0.2) is 26.3 Å². The van der Waals surface area contributed by atoms with Gasteiger partial charge in [-0.3, -0.25) is 0 Å². The zero-order valence-electron chi connectivity index (χ0n) is 9.37. The molecule has 1 aromatic rings.